The molecule has 0 atom stereocenters. The van der Waals surface area contributed by atoms with Crippen molar-refractivity contribution in [1.82, 2.24) is 5.43 Å². The van der Waals surface area contributed by atoms with Gasteiger partial charge in [-0.05, 0) is 69.4 Å². The highest BCUT2D eigenvalue weighted by atomic mass is 16.4. The van der Waals surface area contributed by atoms with Crippen molar-refractivity contribution in [2.45, 2.75) is 59.3 Å². The van der Waals surface area contributed by atoms with Gasteiger partial charge in [0.15, 0.2) is 5.76 Å². The van der Waals surface area contributed by atoms with Gasteiger partial charge in [0.2, 0.25) is 0 Å². The minimum Gasteiger partial charge on any atom is -0.455 e. The first-order chi connectivity index (χ1) is 16.5. The number of fused-ring (bicyclic) bond motifs is 1. The molecule has 0 fully saturated rings. The third kappa shape index (κ3) is 5.28. The summed E-state index contributed by atoms with van der Waals surface area (Å²) in [4.78, 5) is 25.5. The second kappa shape index (κ2) is 10.5. The van der Waals surface area contributed by atoms with E-state index < -0.39 is 0 Å². The molecule has 1 aliphatic carbocycles. The summed E-state index contributed by atoms with van der Waals surface area (Å²) in [6, 6.07) is 15.3. The molecule has 0 radical (unpaired) electrons. The molecule has 3 aromatic rings. The Morgan fingerprint density at radius 1 is 1.03 bits per heavy atom. The topological polar surface area (TPSA) is 83.7 Å². The predicted molar refractivity (Wildman–Crippen MR) is 135 cm³/mol. The molecule has 2 N–H and O–H groups in total. The number of nitrogens with zero attached hydrogens (tertiary/aromatic N) is 1. The normalized spacial score (nSPS) is 14.0. The van der Waals surface area contributed by atoms with Crippen LogP contribution in [0, 0.1) is 13.8 Å². The number of aryl methyl sites for hydroxylation is 3. The molecule has 0 unspecified atom stereocenters. The molecule has 1 aliphatic rings. The van der Waals surface area contributed by atoms with Crippen LogP contribution < -0.4 is 10.7 Å². The number of anilines is 1. The van der Waals surface area contributed by atoms with Crippen LogP contribution in [0.5, 0.6) is 0 Å². The van der Waals surface area contributed by atoms with E-state index >= 15 is 0 Å². The Kier molecular flexibility index (Phi) is 7.26. The molecule has 0 saturated heterocycles. The second-order valence-corrected chi connectivity index (χ2v) is 8.83. The quantitative estimate of drug-likeness (QED) is 0.429. The molecule has 4 rings (SSSR count). The number of amides is 2. The monoisotopic (exact) mass is 457 g/mol. The fourth-order valence-electron chi connectivity index (χ4n) is 4.29. The number of hydrogen-bond acceptors (Lipinski definition) is 4. The molecule has 1 heterocycles. The second-order valence-electron chi connectivity index (χ2n) is 8.83. The van der Waals surface area contributed by atoms with Crippen molar-refractivity contribution in [3.63, 3.8) is 0 Å². The highest BCUT2D eigenvalue weighted by Gasteiger charge is 2.28. The van der Waals surface area contributed by atoms with Gasteiger partial charge in [-0.2, -0.15) is 5.10 Å². The summed E-state index contributed by atoms with van der Waals surface area (Å²) < 4.78 is 5.98. The van der Waals surface area contributed by atoms with E-state index in [0.29, 0.717) is 17.7 Å². The van der Waals surface area contributed by atoms with E-state index in [1.54, 1.807) is 6.07 Å². The van der Waals surface area contributed by atoms with Crippen LogP contribution in [0.2, 0.25) is 0 Å². The van der Waals surface area contributed by atoms with Gasteiger partial charge < -0.3 is 9.73 Å². The molecule has 0 saturated carbocycles. The highest BCUT2D eigenvalue weighted by Crippen LogP contribution is 2.30. The summed E-state index contributed by atoms with van der Waals surface area (Å²) in [6.07, 6.45) is 5.64. The fourth-order valence-corrected chi connectivity index (χ4v) is 4.29. The van der Waals surface area contributed by atoms with Gasteiger partial charge in [-0.1, -0.05) is 43.2 Å². The standard InChI is InChI=1S/C28H31N3O3/c1-4-5-9-20-13-15-22(16-14-20)29-28(33)26-19(3)25-23(11-7-12-24(25)34-26)30-31-27(32)21-10-6-8-18(2)17-21/h6,8,10,13-17H,4-5,7,9,11-12H2,1-3H3,(H,29,33)(H,31,32)/b30-23+. The van der Waals surface area contributed by atoms with Crippen molar-refractivity contribution in [2.24, 2.45) is 5.10 Å². The van der Waals surface area contributed by atoms with Crippen LogP contribution in [0.25, 0.3) is 0 Å². The van der Waals surface area contributed by atoms with Crippen LogP contribution in [0.4, 0.5) is 5.69 Å². The Labute approximate surface area is 200 Å². The van der Waals surface area contributed by atoms with E-state index in [1.807, 2.05) is 56.3 Å². The van der Waals surface area contributed by atoms with E-state index in [2.05, 4.69) is 22.8 Å². The molecule has 34 heavy (non-hydrogen) atoms. The van der Waals surface area contributed by atoms with Crippen LogP contribution >= 0.6 is 0 Å². The first-order valence-corrected chi connectivity index (χ1v) is 11.9. The van der Waals surface area contributed by atoms with Gasteiger partial charge >= 0.3 is 0 Å². The molecule has 1 aromatic heterocycles. The molecule has 2 aromatic carbocycles. The molecular weight excluding hydrogens is 426 g/mol. The number of unbranched alkanes of at least 4 members (excludes halogenated alkanes) is 1. The van der Waals surface area contributed by atoms with Crippen molar-refractivity contribution in [2.75, 3.05) is 5.32 Å². The molecule has 0 bridgehead atoms. The van der Waals surface area contributed by atoms with Crippen molar-refractivity contribution in [3.8, 4) is 0 Å². The summed E-state index contributed by atoms with van der Waals surface area (Å²) in [5.41, 5.74) is 8.55. The summed E-state index contributed by atoms with van der Waals surface area (Å²) in [5, 5.41) is 7.35. The molecular formula is C28H31N3O3. The lowest BCUT2D eigenvalue weighted by atomic mass is 9.93. The third-order valence-electron chi connectivity index (χ3n) is 6.14. The number of carbonyl (C=O) groups excluding carboxylic acids is 2. The number of hydrazone groups is 1. The van der Waals surface area contributed by atoms with Crippen LogP contribution in [0.3, 0.4) is 0 Å². The van der Waals surface area contributed by atoms with Crippen molar-refractivity contribution >= 4 is 23.2 Å². The first-order valence-electron chi connectivity index (χ1n) is 11.9. The Bertz CT molecular complexity index is 1220. The Balaban J connectivity index is 1.50. The number of hydrogen-bond donors (Lipinski definition) is 2. The lowest BCUT2D eigenvalue weighted by Crippen LogP contribution is -2.22. The van der Waals surface area contributed by atoms with Crippen LogP contribution in [-0.4, -0.2) is 17.5 Å². The Morgan fingerprint density at radius 3 is 2.56 bits per heavy atom. The minimum atomic E-state index is -0.281. The zero-order valence-corrected chi connectivity index (χ0v) is 20.0. The SMILES string of the molecule is CCCCc1ccc(NC(=O)c2oc3c(c2C)/C(=N/NC(=O)c2cccc(C)c2)CCC3)cc1. The van der Waals surface area contributed by atoms with E-state index in [-0.39, 0.29) is 11.8 Å². The summed E-state index contributed by atoms with van der Waals surface area (Å²) >= 11 is 0. The predicted octanol–water partition coefficient (Wildman–Crippen LogP) is 5.96. The largest absolute Gasteiger partial charge is 0.455 e. The van der Waals surface area contributed by atoms with Crippen molar-refractivity contribution in [1.29, 1.82) is 0 Å². The van der Waals surface area contributed by atoms with Crippen LogP contribution in [0.1, 0.15) is 81.5 Å². The highest BCUT2D eigenvalue weighted by molar-refractivity contribution is 6.09. The van der Waals surface area contributed by atoms with Gasteiger partial charge in [0.1, 0.15) is 5.76 Å². The van der Waals surface area contributed by atoms with Crippen LogP contribution in [0.15, 0.2) is 58.0 Å². The van der Waals surface area contributed by atoms with E-state index in [0.717, 1.165) is 66.0 Å². The number of nitrogens with one attached hydrogen (secondary N) is 2. The van der Waals surface area contributed by atoms with Gasteiger partial charge in [-0.15, -0.1) is 0 Å². The first kappa shape index (κ1) is 23.5. The molecule has 2 amide bonds. The molecule has 6 nitrogen and oxygen atoms in total. The summed E-state index contributed by atoms with van der Waals surface area (Å²) in [6.45, 7) is 5.99. The smallest absolute Gasteiger partial charge is 0.291 e. The molecule has 176 valence electrons. The van der Waals surface area contributed by atoms with E-state index in [1.165, 1.54) is 5.56 Å². The van der Waals surface area contributed by atoms with Gasteiger partial charge in [0, 0.05) is 28.8 Å². The average Bonchev–Trinajstić information content (AvgIpc) is 3.19. The summed E-state index contributed by atoms with van der Waals surface area (Å²) in [5.74, 6) is 0.494. The average molecular weight is 458 g/mol. The minimum absolute atomic E-state index is 0.259. The lowest BCUT2D eigenvalue weighted by Gasteiger charge is -2.13. The van der Waals surface area contributed by atoms with E-state index in [4.69, 9.17) is 4.42 Å². The molecule has 0 aliphatic heterocycles. The Morgan fingerprint density at radius 2 is 1.82 bits per heavy atom. The number of carbonyl (C=O) groups is 2. The lowest BCUT2D eigenvalue weighted by molar-refractivity contribution is 0.0953. The number of benzene rings is 2. The fraction of sp³-hybridized carbons (Fsp3) is 0.321. The zero-order chi connectivity index (χ0) is 24.1. The van der Waals surface area contributed by atoms with Crippen molar-refractivity contribution in [3.05, 3.63) is 87.9 Å². The number of furan rings is 1. The van der Waals surface area contributed by atoms with Gasteiger partial charge in [-0.3, -0.25) is 9.59 Å². The maximum atomic E-state index is 13.0. The van der Waals surface area contributed by atoms with E-state index in [9.17, 15) is 9.59 Å². The molecule has 0 spiro atoms. The van der Waals surface area contributed by atoms with Gasteiger partial charge in [0.05, 0.1) is 5.71 Å². The van der Waals surface area contributed by atoms with Gasteiger partial charge in [0.25, 0.3) is 11.8 Å². The zero-order valence-electron chi connectivity index (χ0n) is 20.0. The maximum absolute atomic E-state index is 13.0. The number of rotatable bonds is 7. The van der Waals surface area contributed by atoms with Crippen molar-refractivity contribution < 1.29 is 14.0 Å². The third-order valence-corrected chi connectivity index (χ3v) is 6.14. The maximum Gasteiger partial charge on any atom is 0.291 e. The van der Waals surface area contributed by atoms with Gasteiger partial charge in [-0.25, -0.2) is 5.43 Å². The Hall–Kier alpha value is -3.67. The van der Waals surface area contributed by atoms with Crippen LogP contribution in [-0.2, 0) is 12.8 Å². The summed E-state index contributed by atoms with van der Waals surface area (Å²) in [7, 11) is 0. The molecule has 6 heteroatoms.